The maximum Gasteiger partial charge on any atom is 0.187 e. The van der Waals surface area contributed by atoms with Crippen molar-refractivity contribution in [3.8, 4) is 0 Å². The van der Waals surface area contributed by atoms with Crippen molar-refractivity contribution in [3.63, 3.8) is 0 Å². The molecule has 15 atom stereocenters. The zero-order chi connectivity index (χ0) is 26.0. The van der Waals surface area contributed by atoms with E-state index < -0.39 is 86.3 Å². The molecule has 0 saturated carbocycles. The van der Waals surface area contributed by atoms with Crippen LogP contribution in [0.4, 0.5) is 0 Å². The smallest absolute Gasteiger partial charge is 0.187 e. The standard InChI is InChI=1S/C23H42O12/c1-5-10-9(4)14(25)20(13(8-24)31-10)34-23-19(30)21(16(27)12(7-3)33-23)35-22-18(29)17(28)15(26)11(6-2)32-22/h9-30H,5-8H2,1-4H3/t9-,10?,11?,12+,13?,14+,15-,16?,17-,18+,19?,20-,21?,22?,23+/m0/s1. The summed E-state index contributed by atoms with van der Waals surface area (Å²) in [5, 5.41) is 73.2. The molecule has 206 valence electrons. The summed E-state index contributed by atoms with van der Waals surface area (Å²) in [7, 11) is 0. The van der Waals surface area contributed by atoms with Crippen molar-refractivity contribution in [2.24, 2.45) is 5.92 Å². The SMILES string of the molecule is CCC1OC(CO)[C@H](O[C@H]2O[C@H](CC)C(O)C(OC3OC(CC)[C@H](O)[C@H](O)[C@H]3O)C2O)[C@H](O)[C@H]1C. The summed E-state index contributed by atoms with van der Waals surface area (Å²) in [5.41, 5.74) is 0. The van der Waals surface area contributed by atoms with E-state index in [0.29, 0.717) is 19.3 Å². The molecule has 12 nitrogen and oxygen atoms in total. The Morgan fingerprint density at radius 2 is 1.06 bits per heavy atom. The predicted molar refractivity (Wildman–Crippen MR) is 119 cm³/mol. The minimum atomic E-state index is -1.63. The summed E-state index contributed by atoms with van der Waals surface area (Å²) in [6, 6.07) is 0. The molecule has 3 heterocycles. The average molecular weight is 511 g/mol. The van der Waals surface area contributed by atoms with Crippen LogP contribution < -0.4 is 0 Å². The number of ether oxygens (including phenoxy) is 5. The monoisotopic (exact) mass is 510 g/mol. The molecular weight excluding hydrogens is 468 g/mol. The Labute approximate surface area is 205 Å². The Balaban J connectivity index is 1.78. The minimum absolute atomic E-state index is 0.279. The van der Waals surface area contributed by atoms with E-state index in [-0.39, 0.29) is 12.0 Å². The molecule has 7 unspecified atom stereocenters. The zero-order valence-electron chi connectivity index (χ0n) is 20.7. The molecule has 0 radical (unpaired) electrons. The van der Waals surface area contributed by atoms with Crippen LogP contribution in [0.25, 0.3) is 0 Å². The number of rotatable bonds is 8. The highest BCUT2D eigenvalue weighted by molar-refractivity contribution is 4.96. The Morgan fingerprint density at radius 1 is 0.543 bits per heavy atom. The predicted octanol–water partition coefficient (Wildman–Crippen LogP) is -2.00. The van der Waals surface area contributed by atoms with Gasteiger partial charge in [-0.05, 0) is 19.3 Å². The molecule has 0 bridgehead atoms. The lowest BCUT2D eigenvalue weighted by atomic mass is 9.86. The lowest BCUT2D eigenvalue weighted by molar-refractivity contribution is -0.370. The molecule has 0 amide bonds. The van der Waals surface area contributed by atoms with Crippen LogP contribution >= 0.6 is 0 Å². The van der Waals surface area contributed by atoms with E-state index in [9.17, 15) is 35.7 Å². The van der Waals surface area contributed by atoms with Crippen LogP contribution in [-0.4, -0.2) is 128 Å². The lowest BCUT2D eigenvalue weighted by Gasteiger charge is -2.48. The molecule has 0 aliphatic carbocycles. The normalized spacial score (nSPS) is 51.3. The molecule has 3 aliphatic heterocycles. The second-order valence-corrected chi connectivity index (χ2v) is 9.71. The maximum atomic E-state index is 11.0. The Hall–Kier alpha value is -0.480. The van der Waals surface area contributed by atoms with Gasteiger partial charge in [-0.25, -0.2) is 0 Å². The topological polar surface area (TPSA) is 188 Å². The van der Waals surface area contributed by atoms with Crippen molar-refractivity contribution in [1.82, 2.24) is 0 Å². The fraction of sp³-hybridized carbons (Fsp3) is 1.00. The first kappa shape index (κ1) is 29.1. The fourth-order valence-corrected chi connectivity index (χ4v) is 5.14. The maximum absolute atomic E-state index is 11.0. The summed E-state index contributed by atoms with van der Waals surface area (Å²) < 4.78 is 29.0. The van der Waals surface area contributed by atoms with Gasteiger partial charge in [0.15, 0.2) is 12.6 Å². The van der Waals surface area contributed by atoms with E-state index in [1.807, 2.05) is 6.92 Å². The summed E-state index contributed by atoms with van der Waals surface area (Å²) in [6.07, 6.45) is -15.1. The van der Waals surface area contributed by atoms with Crippen LogP contribution in [0.1, 0.15) is 47.0 Å². The van der Waals surface area contributed by atoms with E-state index >= 15 is 0 Å². The van der Waals surface area contributed by atoms with Crippen molar-refractivity contribution < 1.29 is 59.4 Å². The van der Waals surface area contributed by atoms with E-state index in [1.54, 1.807) is 20.8 Å². The molecule has 0 aromatic rings. The van der Waals surface area contributed by atoms with Crippen molar-refractivity contribution in [2.45, 2.75) is 133 Å². The highest BCUT2D eigenvalue weighted by Gasteiger charge is 2.52. The van der Waals surface area contributed by atoms with E-state index in [1.165, 1.54) is 0 Å². The second-order valence-electron chi connectivity index (χ2n) is 9.71. The van der Waals surface area contributed by atoms with Gasteiger partial charge in [0.1, 0.15) is 48.8 Å². The molecule has 0 spiro atoms. The Bertz CT molecular complexity index is 650. The van der Waals surface area contributed by atoms with Crippen molar-refractivity contribution in [2.75, 3.05) is 6.61 Å². The third-order valence-corrected chi connectivity index (χ3v) is 7.46. The van der Waals surface area contributed by atoms with Gasteiger partial charge >= 0.3 is 0 Å². The van der Waals surface area contributed by atoms with Gasteiger partial charge in [0, 0.05) is 5.92 Å². The minimum Gasteiger partial charge on any atom is -0.394 e. The first-order valence-electron chi connectivity index (χ1n) is 12.6. The van der Waals surface area contributed by atoms with Gasteiger partial charge in [-0.2, -0.15) is 0 Å². The quantitative estimate of drug-likeness (QED) is 0.191. The van der Waals surface area contributed by atoms with Gasteiger partial charge in [0.05, 0.1) is 31.0 Å². The Morgan fingerprint density at radius 3 is 1.60 bits per heavy atom. The third-order valence-electron chi connectivity index (χ3n) is 7.46. The van der Waals surface area contributed by atoms with Crippen LogP contribution in [0, 0.1) is 5.92 Å². The van der Waals surface area contributed by atoms with Crippen molar-refractivity contribution in [3.05, 3.63) is 0 Å². The first-order chi connectivity index (χ1) is 16.6. The van der Waals surface area contributed by atoms with Gasteiger partial charge in [0.25, 0.3) is 0 Å². The van der Waals surface area contributed by atoms with Gasteiger partial charge in [-0.15, -0.1) is 0 Å². The number of aliphatic hydroxyl groups excluding tert-OH is 7. The molecule has 3 aliphatic rings. The molecule has 12 heteroatoms. The molecule has 3 rings (SSSR count). The zero-order valence-corrected chi connectivity index (χ0v) is 20.7. The first-order valence-corrected chi connectivity index (χ1v) is 12.6. The van der Waals surface area contributed by atoms with Crippen molar-refractivity contribution >= 4 is 0 Å². The van der Waals surface area contributed by atoms with Crippen LogP contribution in [0.2, 0.25) is 0 Å². The molecule has 3 saturated heterocycles. The second kappa shape index (κ2) is 12.4. The molecular formula is C23H42O12. The molecule has 0 aromatic carbocycles. The van der Waals surface area contributed by atoms with Gasteiger partial charge in [-0.1, -0.05) is 27.7 Å². The average Bonchev–Trinajstić information content (AvgIpc) is 2.86. The van der Waals surface area contributed by atoms with Gasteiger partial charge in [0.2, 0.25) is 0 Å². The fourth-order valence-electron chi connectivity index (χ4n) is 5.14. The van der Waals surface area contributed by atoms with Crippen LogP contribution in [0.15, 0.2) is 0 Å². The van der Waals surface area contributed by atoms with E-state index in [0.717, 1.165) is 0 Å². The largest absolute Gasteiger partial charge is 0.394 e. The third kappa shape index (κ3) is 5.84. The summed E-state index contributed by atoms with van der Waals surface area (Å²) >= 11 is 0. The van der Waals surface area contributed by atoms with Crippen LogP contribution in [0.5, 0.6) is 0 Å². The van der Waals surface area contributed by atoms with Crippen LogP contribution in [-0.2, 0) is 23.7 Å². The van der Waals surface area contributed by atoms with Crippen LogP contribution in [0.3, 0.4) is 0 Å². The highest BCUT2D eigenvalue weighted by Crippen LogP contribution is 2.35. The van der Waals surface area contributed by atoms with Gasteiger partial charge in [-0.3, -0.25) is 0 Å². The van der Waals surface area contributed by atoms with E-state index in [2.05, 4.69) is 0 Å². The van der Waals surface area contributed by atoms with Crippen molar-refractivity contribution in [1.29, 1.82) is 0 Å². The van der Waals surface area contributed by atoms with Gasteiger partial charge < -0.3 is 59.4 Å². The number of hydrogen-bond acceptors (Lipinski definition) is 12. The molecule has 3 fully saturated rings. The lowest BCUT2D eigenvalue weighted by Crippen LogP contribution is -2.65. The number of aliphatic hydroxyl groups is 7. The summed E-state index contributed by atoms with van der Waals surface area (Å²) in [6.45, 7) is 6.77. The van der Waals surface area contributed by atoms with E-state index in [4.69, 9.17) is 23.7 Å². The summed E-state index contributed by atoms with van der Waals surface area (Å²) in [5.74, 6) is -0.308. The molecule has 7 N–H and O–H groups in total. The molecule has 0 aromatic heterocycles. The highest BCUT2D eigenvalue weighted by atomic mass is 16.7. The number of hydrogen-bond donors (Lipinski definition) is 7. The Kier molecular flexibility index (Phi) is 10.3. The summed E-state index contributed by atoms with van der Waals surface area (Å²) in [4.78, 5) is 0. The molecule has 35 heavy (non-hydrogen) atoms.